The third-order valence-electron chi connectivity index (χ3n) is 7.64. The second-order valence-corrected chi connectivity index (χ2v) is 10.4. The minimum Gasteiger partial charge on any atom is -0.353 e. The average Bonchev–Trinajstić information content (AvgIpc) is 3.21. The monoisotopic (exact) mass is 460 g/mol. The second kappa shape index (κ2) is 13.6. The van der Waals surface area contributed by atoms with E-state index in [9.17, 15) is 0 Å². The van der Waals surface area contributed by atoms with Gasteiger partial charge >= 0.3 is 0 Å². The Morgan fingerprint density at radius 1 is 0.706 bits per heavy atom. The van der Waals surface area contributed by atoms with Crippen molar-refractivity contribution in [2.45, 2.75) is 110 Å². The normalized spacial score (nSPS) is 18.7. The molecule has 0 amide bonds. The van der Waals surface area contributed by atoms with Crippen LogP contribution in [0.25, 0.3) is 0 Å². The van der Waals surface area contributed by atoms with Gasteiger partial charge < -0.3 is 9.80 Å². The molecule has 0 saturated carbocycles. The zero-order valence-corrected chi connectivity index (χ0v) is 22.3. The van der Waals surface area contributed by atoms with Crippen molar-refractivity contribution < 1.29 is 0 Å². The van der Waals surface area contributed by atoms with Gasteiger partial charge in [0.2, 0.25) is 0 Å². The summed E-state index contributed by atoms with van der Waals surface area (Å²) in [5.74, 6) is 0.431. The first kappa shape index (κ1) is 26.4. The molecule has 0 fully saturated rings. The highest BCUT2D eigenvalue weighted by Gasteiger charge is 2.50. The number of benzene rings is 2. The predicted octanol–water partition coefficient (Wildman–Crippen LogP) is 8.76. The van der Waals surface area contributed by atoms with E-state index < -0.39 is 0 Å². The van der Waals surface area contributed by atoms with Gasteiger partial charge in [0.1, 0.15) is 5.66 Å². The third-order valence-corrected chi connectivity index (χ3v) is 7.64. The Labute approximate surface area is 210 Å². The van der Waals surface area contributed by atoms with Crippen LogP contribution in [0.15, 0.2) is 73.1 Å². The van der Waals surface area contributed by atoms with Gasteiger partial charge in [-0.05, 0) is 37.8 Å². The Morgan fingerprint density at radius 2 is 1.29 bits per heavy atom. The first-order chi connectivity index (χ1) is 16.6. The summed E-state index contributed by atoms with van der Waals surface area (Å²) in [6, 6.07) is 22.8. The van der Waals surface area contributed by atoms with Crippen LogP contribution < -0.4 is 0 Å². The first-order valence-electron chi connectivity index (χ1n) is 14.0. The van der Waals surface area contributed by atoms with Gasteiger partial charge in [0, 0.05) is 37.3 Å². The lowest BCUT2D eigenvalue weighted by atomic mass is 9.77. The van der Waals surface area contributed by atoms with E-state index in [1.807, 2.05) is 0 Å². The van der Waals surface area contributed by atoms with Crippen molar-refractivity contribution in [3.05, 3.63) is 84.2 Å². The molecule has 1 heterocycles. The summed E-state index contributed by atoms with van der Waals surface area (Å²) in [6.07, 6.45) is 17.8. The molecule has 0 N–H and O–H groups in total. The van der Waals surface area contributed by atoms with Gasteiger partial charge in [-0.1, -0.05) is 119 Å². The lowest BCUT2D eigenvalue weighted by Gasteiger charge is -2.53. The molecule has 2 heteroatoms. The lowest BCUT2D eigenvalue weighted by Crippen LogP contribution is -2.60. The molecule has 34 heavy (non-hydrogen) atoms. The van der Waals surface area contributed by atoms with Crippen LogP contribution in [-0.2, 0) is 6.42 Å². The molecule has 186 valence electrons. The third kappa shape index (κ3) is 6.46. The molecular weight excluding hydrogens is 412 g/mol. The zero-order valence-electron chi connectivity index (χ0n) is 22.3. The molecule has 0 saturated heterocycles. The van der Waals surface area contributed by atoms with Crippen molar-refractivity contribution in [3.8, 4) is 0 Å². The lowest BCUT2D eigenvalue weighted by molar-refractivity contribution is -0.0191. The van der Waals surface area contributed by atoms with Gasteiger partial charge in [-0.25, -0.2) is 0 Å². The molecule has 0 aliphatic carbocycles. The molecule has 1 aliphatic rings. The van der Waals surface area contributed by atoms with E-state index in [1.165, 1.54) is 62.5 Å². The standard InChI is InChI=1S/C32H48N2/c1-5-7-8-9-10-11-12-19-24-33-25-26-34(28(3)4)32(33,27-29-20-15-13-16-21-29)31(6-2)30-22-17-14-18-23-30/h13-18,20-23,25-26,28,31H,5-12,19,24,27H2,1-4H3. The van der Waals surface area contributed by atoms with Gasteiger partial charge in [0.15, 0.2) is 0 Å². The quantitative estimate of drug-likeness (QED) is 0.245. The Kier molecular flexibility index (Phi) is 10.6. The average molecular weight is 461 g/mol. The number of hydrogen-bond donors (Lipinski definition) is 0. The van der Waals surface area contributed by atoms with Gasteiger partial charge in [-0.3, -0.25) is 0 Å². The number of unbranched alkanes of at least 4 members (excludes halogenated alkanes) is 7. The molecule has 2 nitrogen and oxygen atoms in total. The summed E-state index contributed by atoms with van der Waals surface area (Å²) >= 11 is 0. The summed E-state index contributed by atoms with van der Waals surface area (Å²) < 4.78 is 0. The van der Waals surface area contributed by atoms with Gasteiger partial charge in [-0.15, -0.1) is 0 Å². The number of hydrogen-bond acceptors (Lipinski definition) is 2. The molecule has 2 aromatic rings. The Morgan fingerprint density at radius 3 is 1.88 bits per heavy atom. The fourth-order valence-corrected chi connectivity index (χ4v) is 5.97. The minimum atomic E-state index is -0.0766. The van der Waals surface area contributed by atoms with Gasteiger partial charge in [-0.2, -0.15) is 0 Å². The Bertz CT molecular complexity index is 829. The van der Waals surface area contributed by atoms with Crippen LogP contribution in [0.5, 0.6) is 0 Å². The maximum absolute atomic E-state index is 2.71. The van der Waals surface area contributed by atoms with Crippen molar-refractivity contribution in [2.75, 3.05) is 6.54 Å². The van der Waals surface area contributed by atoms with E-state index in [0.29, 0.717) is 12.0 Å². The fraction of sp³-hybridized carbons (Fsp3) is 0.562. The molecule has 0 spiro atoms. The molecule has 0 aromatic heterocycles. The van der Waals surface area contributed by atoms with Crippen LogP contribution in [0.4, 0.5) is 0 Å². The maximum atomic E-state index is 2.71. The topological polar surface area (TPSA) is 6.48 Å². The molecule has 1 aliphatic heterocycles. The van der Waals surface area contributed by atoms with E-state index in [0.717, 1.165) is 19.4 Å². The predicted molar refractivity (Wildman–Crippen MR) is 148 cm³/mol. The van der Waals surface area contributed by atoms with Crippen molar-refractivity contribution in [1.82, 2.24) is 9.80 Å². The Balaban J connectivity index is 1.84. The van der Waals surface area contributed by atoms with Crippen LogP contribution in [0.2, 0.25) is 0 Å². The molecule has 0 radical (unpaired) electrons. The summed E-state index contributed by atoms with van der Waals surface area (Å²) in [7, 11) is 0. The van der Waals surface area contributed by atoms with Crippen molar-refractivity contribution >= 4 is 0 Å². The summed E-state index contributed by atoms with van der Waals surface area (Å²) in [5, 5.41) is 0. The van der Waals surface area contributed by atoms with Crippen molar-refractivity contribution in [2.24, 2.45) is 0 Å². The van der Waals surface area contributed by atoms with E-state index in [2.05, 4.69) is 111 Å². The highest BCUT2D eigenvalue weighted by molar-refractivity contribution is 5.30. The van der Waals surface area contributed by atoms with E-state index >= 15 is 0 Å². The smallest absolute Gasteiger partial charge is 0.123 e. The van der Waals surface area contributed by atoms with Crippen molar-refractivity contribution in [3.63, 3.8) is 0 Å². The van der Waals surface area contributed by atoms with Gasteiger partial charge in [0.05, 0.1) is 0 Å². The van der Waals surface area contributed by atoms with Gasteiger partial charge in [0.25, 0.3) is 0 Å². The SMILES string of the molecule is CCCCCCCCCCN1C=CN(C(C)C)C1(Cc1ccccc1)C(CC)c1ccccc1. The maximum Gasteiger partial charge on any atom is 0.123 e. The first-order valence-corrected chi connectivity index (χ1v) is 14.0. The molecule has 3 rings (SSSR count). The molecule has 2 unspecified atom stereocenters. The van der Waals surface area contributed by atoms with Crippen LogP contribution in [0.3, 0.4) is 0 Å². The number of rotatable bonds is 15. The molecule has 2 atom stereocenters. The Hall–Kier alpha value is -2.22. The zero-order chi connectivity index (χ0) is 24.2. The van der Waals surface area contributed by atoms with Crippen LogP contribution in [0.1, 0.15) is 103 Å². The minimum absolute atomic E-state index is 0.0766. The van der Waals surface area contributed by atoms with Crippen LogP contribution in [0, 0.1) is 0 Å². The molecular formula is C32H48N2. The molecule has 2 aromatic carbocycles. The van der Waals surface area contributed by atoms with Crippen LogP contribution in [-0.4, -0.2) is 28.0 Å². The summed E-state index contributed by atoms with van der Waals surface area (Å²) in [4.78, 5) is 5.37. The fourth-order valence-electron chi connectivity index (χ4n) is 5.97. The second-order valence-electron chi connectivity index (χ2n) is 10.4. The van der Waals surface area contributed by atoms with E-state index in [-0.39, 0.29) is 5.66 Å². The molecule has 0 bridgehead atoms. The highest BCUT2D eigenvalue weighted by atomic mass is 15.4. The number of nitrogens with zero attached hydrogens (tertiary/aromatic N) is 2. The largest absolute Gasteiger partial charge is 0.353 e. The van der Waals surface area contributed by atoms with E-state index in [1.54, 1.807) is 0 Å². The highest BCUT2D eigenvalue weighted by Crippen LogP contribution is 2.46. The van der Waals surface area contributed by atoms with Crippen LogP contribution >= 0.6 is 0 Å². The van der Waals surface area contributed by atoms with E-state index in [4.69, 9.17) is 0 Å². The summed E-state index contributed by atoms with van der Waals surface area (Å²) in [6.45, 7) is 10.5. The summed E-state index contributed by atoms with van der Waals surface area (Å²) in [5.41, 5.74) is 2.80. The van der Waals surface area contributed by atoms with Crippen molar-refractivity contribution in [1.29, 1.82) is 0 Å².